The molecule has 2 aliphatic rings. The molecule has 1 saturated heterocycles. The number of nitrogens with one attached hydrogen (secondary N) is 1. The maximum Gasteiger partial charge on any atom is 0.0787 e. The zero-order chi connectivity index (χ0) is 13.7. The Hall–Kier alpha value is -0.860. The van der Waals surface area contributed by atoms with Crippen LogP contribution in [0.15, 0.2) is 24.3 Å². The lowest BCUT2D eigenvalue weighted by Crippen LogP contribution is -2.44. The molecule has 1 aliphatic heterocycles. The van der Waals surface area contributed by atoms with E-state index in [9.17, 15) is 0 Å². The summed E-state index contributed by atoms with van der Waals surface area (Å²) in [7, 11) is 0. The van der Waals surface area contributed by atoms with E-state index < -0.39 is 0 Å². The zero-order valence-corrected chi connectivity index (χ0v) is 12.5. The van der Waals surface area contributed by atoms with Crippen molar-refractivity contribution in [1.82, 2.24) is 5.32 Å². The van der Waals surface area contributed by atoms with E-state index in [4.69, 9.17) is 4.74 Å². The van der Waals surface area contributed by atoms with Gasteiger partial charge in [0.05, 0.1) is 11.2 Å². The molecule has 1 aliphatic carbocycles. The minimum Gasteiger partial charge on any atom is -0.368 e. The number of ether oxygens (including phenoxy) is 1. The number of rotatable bonds is 2. The molecule has 19 heavy (non-hydrogen) atoms. The fourth-order valence-electron chi connectivity index (χ4n) is 3.80. The molecule has 1 heterocycles. The summed E-state index contributed by atoms with van der Waals surface area (Å²) in [4.78, 5) is 0. The van der Waals surface area contributed by atoms with Crippen LogP contribution in [0, 0.1) is 0 Å². The van der Waals surface area contributed by atoms with Gasteiger partial charge in [0.25, 0.3) is 0 Å². The second-order valence-corrected chi connectivity index (χ2v) is 7.18. The minimum atomic E-state index is -0.0823. The first-order valence-electron chi connectivity index (χ1n) is 7.41. The van der Waals surface area contributed by atoms with Crippen molar-refractivity contribution in [3.8, 4) is 0 Å². The summed E-state index contributed by atoms with van der Waals surface area (Å²) in [6.07, 6.45) is 3.50. The first-order valence-corrected chi connectivity index (χ1v) is 7.41. The molecule has 0 aromatic heterocycles. The van der Waals surface area contributed by atoms with Crippen LogP contribution in [-0.4, -0.2) is 17.2 Å². The summed E-state index contributed by atoms with van der Waals surface area (Å²) in [5.41, 5.74) is 2.90. The summed E-state index contributed by atoms with van der Waals surface area (Å²) >= 11 is 0. The molecular formula is C17H25NO. The lowest BCUT2D eigenvalue weighted by atomic mass is 9.93. The maximum absolute atomic E-state index is 6.18. The molecule has 3 rings (SSSR count). The standard InChI is InChI=1S/C17H25NO/c1-16(2)11-15(17(3,4)19-16)18-14-10-9-12-7-5-6-8-13(12)14/h5-8,14-15,18H,9-11H2,1-4H3. The number of benzene rings is 1. The Morgan fingerprint density at radius 3 is 2.58 bits per heavy atom. The van der Waals surface area contributed by atoms with Crippen LogP contribution < -0.4 is 5.32 Å². The highest BCUT2D eigenvalue weighted by Crippen LogP contribution is 2.40. The van der Waals surface area contributed by atoms with Gasteiger partial charge in [-0.3, -0.25) is 0 Å². The highest BCUT2D eigenvalue weighted by Gasteiger charge is 2.46. The predicted molar refractivity (Wildman–Crippen MR) is 78.3 cm³/mol. The normalized spacial score (nSPS) is 31.4. The Kier molecular flexibility index (Phi) is 2.99. The monoisotopic (exact) mass is 259 g/mol. The van der Waals surface area contributed by atoms with Crippen molar-refractivity contribution in [2.45, 2.75) is 70.2 Å². The number of fused-ring (bicyclic) bond motifs is 1. The van der Waals surface area contributed by atoms with Gasteiger partial charge in [0.15, 0.2) is 0 Å². The van der Waals surface area contributed by atoms with E-state index in [0.29, 0.717) is 12.1 Å². The van der Waals surface area contributed by atoms with E-state index >= 15 is 0 Å². The van der Waals surface area contributed by atoms with Crippen LogP contribution in [0.1, 0.15) is 57.7 Å². The average molecular weight is 259 g/mol. The quantitative estimate of drug-likeness (QED) is 0.876. The number of aryl methyl sites for hydroxylation is 1. The largest absolute Gasteiger partial charge is 0.368 e. The van der Waals surface area contributed by atoms with Crippen LogP contribution in [0.5, 0.6) is 0 Å². The first kappa shape index (κ1) is 13.1. The van der Waals surface area contributed by atoms with E-state index in [2.05, 4.69) is 57.3 Å². The molecule has 1 aromatic rings. The second-order valence-electron chi connectivity index (χ2n) is 7.18. The minimum absolute atomic E-state index is 0.0146. The molecule has 0 bridgehead atoms. The Bertz CT molecular complexity index is 478. The number of hydrogen-bond acceptors (Lipinski definition) is 2. The van der Waals surface area contributed by atoms with Gasteiger partial charge in [0.1, 0.15) is 0 Å². The van der Waals surface area contributed by atoms with Crippen LogP contribution in [-0.2, 0) is 11.2 Å². The Morgan fingerprint density at radius 1 is 1.16 bits per heavy atom. The smallest absolute Gasteiger partial charge is 0.0787 e. The van der Waals surface area contributed by atoms with E-state index in [1.54, 1.807) is 0 Å². The highest BCUT2D eigenvalue weighted by molar-refractivity contribution is 5.34. The number of hydrogen-bond donors (Lipinski definition) is 1. The molecule has 1 fully saturated rings. The summed E-state index contributed by atoms with van der Waals surface area (Å²) in [6.45, 7) is 8.80. The van der Waals surface area contributed by atoms with Gasteiger partial charge in [-0.05, 0) is 58.1 Å². The Labute approximate surface area is 116 Å². The molecule has 1 aromatic carbocycles. The molecule has 104 valence electrons. The van der Waals surface area contributed by atoms with E-state index in [1.165, 1.54) is 24.0 Å². The summed E-state index contributed by atoms with van der Waals surface area (Å²) in [5.74, 6) is 0. The van der Waals surface area contributed by atoms with Gasteiger partial charge >= 0.3 is 0 Å². The Morgan fingerprint density at radius 2 is 1.89 bits per heavy atom. The van der Waals surface area contributed by atoms with Gasteiger partial charge in [-0.25, -0.2) is 0 Å². The van der Waals surface area contributed by atoms with Crippen LogP contribution in [0.4, 0.5) is 0 Å². The molecule has 2 heteroatoms. The summed E-state index contributed by atoms with van der Waals surface area (Å²) in [6, 6.07) is 9.76. The molecule has 2 unspecified atom stereocenters. The summed E-state index contributed by atoms with van der Waals surface area (Å²) in [5, 5.41) is 3.85. The van der Waals surface area contributed by atoms with Crippen molar-refractivity contribution in [3.63, 3.8) is 0 Å². The lowest BCUT2D eigenvalue weighted by molar-refractivity contribution is -0.0704. The maximum atomic E-state index is 6.18. The Balaban J connectivity index is 1.77. The third kappa shape index (κ3) is 2.44. The third-order valence-electron chi connectivity index (χ3n) is 4.61. The summed E-state index contributed by atoms with van der Waals surface area (Å²) < 4.78 is 6.18. The van der Waals surface area contributed by atoms with E-state index in [-0.39, 0.29) is 11.2 Å². The SMILES string of the molecule is CC1(C)CC(NC2CCc3ccccc32)C(C)(C)O1. The molecule has 0 amide bonds. The van der Waals surface area contributed by atoms with Gasteiger partial charge in [0, 0.05) is 12.1 Å². The van der Waals surface area contributed by atoms with Crippen LogP contribution in [0.3, 0.4) is 0 Å². The first-order chi connectivity index (χ1) is 8.87. The predicted octanol–water partition coefficient (Wildman–Crippen LogP) is 3.61. The molecule has 0 spiro atoms. The van der Waals surface area contributed by atoms with Crippen LogP contribution in [0.25, 0.3) is 0 Å². The third-order valence-corrected chi connectivity index (χ3v) is 4.61. The van der Waals surface area contributed by atoms with Gasteiger partial charge < -0.3 is 10.1 Å². The van der Waals surface area contributed by atoms with Gasteiger partial charge in [-0.2, -0.15) is 0 Å². The van der Waals surface area contributed by atoms with Crippen LogP contribution in [0.2, 0.25) is 0 Å². The topological polar surface area (TPSA) is 21.3 Å². The van der Waals surface area contributed by atoms with Gasteiger partial charge in [-0.1, -0.05) is 24.3 Å². The van der Waals surface area contributed by atoms with Gasteiger partial charge in [0.2, 0.25) is 0 Å². The molecule has 2 atom stereocenters. The molecule has 1 N–H and O–H groups in total. The molecular weight excluding hydrogens is 234 g/mol. The van der Waals surface area contributed by atoms with Crippen LogP contribution >= 0.6 is 0 Å². The van der Waals surface area contributed by atoms with E-state index in [0.717, 1.165) is 6.42 Å². The van der Waals surface area contributed by atoms with Gasteiger partial charge in [-0.15, -0.1) is 0 Å². The van der Waals surface area contributed by atoms with Crippen molar-refractivity contribution in [1.29, 1.82) is 0 Å². The molecule has 2 nitrogen and oxygen atoms in total. The van der Waals surface area contributed by atoms with Crippen molar-refractivity contribution in [2.24, 2.45) is 0 Å². The molecule has 0 saturated carbocycles. The second kappa shape index (κ2) is 4.32. The van der Waals surface area contributed by atoms with Crippen molar-refractivity contribution < 1.29 is 4.74 Å². The van der Waals surface area contributed by atoms with Crippen molar-refractivity contribution >= 4 is 0 Å². The van der Waals surface area contributed by atoms with Crippen molar-refractivity contribution in [3.05, 3.63) is 35.4 Å². The fourth-order valence-corrected chi connectivity index (χ4v) is 3.80. The van der Waals surface area contributed by atoms with Crippen molar-refractivity contribution in [2.75, 3.05) is 0 Å². The van der Waals surface area contributed by atoms with E-state index in [1.807, 2.05) is 0 Å². The highest BCUT2D eigenvalue weighted by atomic mass is 16.5. The average Bonchev–Trinajstić information content (AvgIpc) is 2.78. The lowest BCUT2D eigenvalue weighted by Gasteiger charge is -2.30. The molecule has 0 radical (unpaired) electrons. The zero-order valence-electron chi connectivity index (χ0n) is 12.5. The fraction of sp³-hybridized carbons (Fsp3) is 0.647.